The smallest absolute Gasteiger partial charge is 0.306 e. The van der Waals surface area contributed by atoms with Crippen LogP contribution in [0.3, 0.4) is 0 Å². The van der Waals surface area contributed by atoms with Gasteiger partial charge in [-0.25, -0.2) is 0 Å². The molecule has 0 fully saturated rings. The van der Waals surface area contributed by atoms with Gasteiger partial charge in [0.25, 0.3) is 0 Å². The predicted molar refractivity (Wildman–Crippen MR) is 85.7 cm³/mol. The Labute approximate surface area is 130 Å². The first-order valence-electron chi connectivity index (χ1n) is 7.47. The van der Waals surface area contributed by atoms with E-state index in [1.54, 1.807) is 0 Å². The lowest BCUT2D eigenvalue weighted by atomic mass is 9.93. The fourth-order valence-electron chi connectivity index (χ4n) is 2.47. The van der Waals surface area contributed by atoms with Crippen LogP contribution in [0.15, 0.2) is 60.7 Å². The number of carboxylic acid groups (broad SMARTS) is 1. The van der Waals surface area contributed by atoms with Gasteiger partial charge in [0, 0.05) is 12.8 Å². The van der Waals surface area contributed by atoms with Gasteiger partial charge in [-0.15, -0.1) is 0 Å². The van der Waals surface area contributed by atoms with Crippen LogP contribution < -0.4 is 0 Å². The molecule has 0 aliphatic heterocycles. The zero-order valence-corrected chi connectivity index (χ0v) is 12.4. The van der Waals surface area contributed by atoms with Gasteiger partial charge in [0.05, 0.1) is 5.92 Å². The number of rotatable bonds is 8. The third-order valence-electron chi connectivity index (χ3n) is 3.69. The van der Waals surface area contributed by atoms with Crippen LogP contribution in [-0.2, 0) is 22.4 Å². The first-order valence-corrected chi connectivity index (χ1v) is 7.47. The zero-order valence-electron chi connectivity index (χ0n) is 12.4. The van der Waals surface area contributed by atoms with Crippen molar-refractivity contribution in [2.24, 2.45) is 5.92 Å². The molecule has 1 atom stereocenters. The summed E-state index contributed by atoms with van der Waals surface area (Å²) >= 11 is 0. The minimum absolute atomic E-state index is 0.0216. The van der Waals surface area contributed by atoms with Gasteiger partial charge in [-0.05, 0) is 24.0 Å². The summed E-state index contributed by atoms with van der Waals surface area (Å²) < 4.78 is 0. The van der Waals surface area contributed by atoms with E-state index < -0.39 is 11.9 Å². The maximum atomic E-state index is 12.1. The molecule has 0 heterocycles. The molecule has 114 valence electrons. The van der Waals surface area contributed by atoms with E-state index in [9.17, 15) is 14.7 Å². The van der Waals surface area contributed by atoms with Gasteiger partial charge < -0.3 is 5.11 Å². The van der Waals surface area contributed by atoms with Crippen LogP contribution in [0, 0.1) is 5.92 Å². The predicted octanol–water partition coefficient (Wildman–Crippen LogP) is 3.52. The molecular formula is C19H20O3. The maximum absolute atomic E-state index is 12.1. The summed E-state index contributed by atoms with van der Waals surface area (Å²) in [7, 11) is 0. The number of carbonyl (C=O) groups excluding carboxylic acids is 1. The lowest BCUT2D eigenvalue weighted by Crippen LogP contribution is -2.19. The van der Waals surface area contributed by atoms with Gasteiger partial charge in [0.1, 0.15) is 5.78 Å². The summed E-state index contributed by atoms with van der Waals surface area (Å²) in [5.74, 6) is -1.53. The van der Waals surface area contributed by atoms with Crippen molar-refractivity contribution < 1.29 is 14.7 Å². The molecule has 3 heteroatoms. The molecule has 1 unspecified atom stereocenters. The van der Waals surface area contributed by atoms with E-state index in [2.05, 4.69) is 0 Å². The number of Topliss-reactive ketones (excluding diaryl/α,β-unsaturated/α-hetero) is 1. The highest BCUT2D eigenvalue weighted by molar-refractivity contribution is 5.85. The van der Waals surface area contributed by atoms with E-state index in [4.69, 9.17) is 0 Å². The van der Waals surface area contributed by atoms with Gasteiger partial charge in [0.2, 0.25) is 0 Å². The Hall–Kier alpha value is -2.42. The monoisotopic (exact) mass is 296 g/mol. The summed E-state index contributed by atoms with van der Waals surface area (Å²) in [6.07, 6.45) is 1.56. The maximum Gasteiger partial charge on any atom is 0.306 e. The molecule has 0 saturated carbocycles. The number of aliphatic carboxylic acids is 1. The van der Waals surface area contributed by atoms with Crippen LogP contribution in [0.25, 0.3) is 0 Å². The Morgan fingerprint density at radius 1 is 0.864 bits per heavy atom. The average Bonchev–Trinajstić information content (AvgIpc) is 2.53. The van der Waals surface area contributed by atoms with Crippen molar-refractivity contribution in [1.29, 1.82) is 0 Å². The van der Waals surface area contributed by atoms with Crippen molar-refractivity contribution in [3.63, 3.8) is 0 Å². The third-order valence-corrected chi connectivity index (χ3v) is 3.69. The van der Waals surface area contributed by atoms with Gasteiger partial charge in [-0.2, -0.15) is 0 Å². The SMILES string of the molecule is O=C(Cc1ccccc1)CC(CCc1ccccc1)C(=O)O. The molecule has 1 N–H and O–H groups in total. The Morgan fingerprint density at radius 2 is 1.41 bits per heavy atom. The zero-order chi connectivity index (χ0) is 15.8. The van der Waals surface area contributed by atoms with Gasteiger partial charge in [-0.1, -0.05) is 60.7 Å². The molecule has 3 nitrogen and oxygen atoms in total. The lowest BCUT2D eigenvalue weighted by Gasteiger charge is -2.11. The van der Waals surface area contributed by atoms with Crippen LogP contribution >= 0.6 is 0 Å². The molecule has 0 aliphatic rings. The van der Waals surface area contributed by atoms with Crippen LogP contribution in [0.1, 0.15) is 24.0 Å². The summed E-state index contributed by atoms with van der Waals surface area (Å²) in [4.78, 5) is 23.4. The van der Waals surface area contributed by atoms with Crippen molar-refractivity contribution in [3.05, 3.63) is 71.8 Å². The Morgan fingerprint density at radius 3 is 1.95 bits per heavy atom. The number of carbonyl (C=O) groups is 2. The standard InChI is InChI=1S/C19H20O3/c20-18(13-16-9-5-2-6-10-16)14-17(19(21)22)12-11-15-7-3-1-4-8-15/h1-10,17H,11-14H2,(H,21,22). The molecule has 0 aromatic heterocycles. The molecule has 2 aromatic rings. The van der Waals surface area contributed by atoms with E-state index >= 15 is 0 Å². The van der Waals surface area contributed by atoms with Crippen molar-refractivity contribution in [1.82, 2.24) is 0 Å². The molecule has 0 amide bonds. The normalized spacial score (nSPS) is 11.8. The quantitative estimate of drug-likeness (QED) is 0.811. The molecule has 22 heavy (non-hydrogen) atoms. The van der Waals surface area contributed by atoms with Crippen LogP contribution in [0.5, 0.6) is 0 Å². The molecule has 0 saturated heterocycles. The third kappa shape index (κ3) is 5.17. The van der Waals surface area contributed by atoms with E-state index in [-0.39, 0.29) is 12.2 Å². The second-order valence-corrected chi connectivity index (χ2v) is 5.46. The first-order chi connectivity index (χ1) is 10.6. The fraction of sp³-hybridized carbons (Fsp3) is 0.263. The number of hydrogen-bond donors (Lipinski definition) is 1. The molecular weight excluding hydrogens is 276 g/mol. The summed E-state index contributed by atoms with van der Waals surface area (Å²) in [6.45, 7) is 0. The highest BCUT2D eigenvalue weighted by Crippen LogP contribution is 2.16. The van der Waals surface area contributed by atoms with E-state index in [0.717, 1.165) is 11.1 Å². The summed E-state index contributed by atoms with van der Waals surface area (Å²) in [5.41, 5.74) is 2.03. The highest BCUT2D eigenvalue weighted by atomic mass is 16.4. The fourth-order valence-corrected chi connectivity index (χ4v) is 2.47. The topological polar surface area (TPSA) is 54.4 Å². The van der Waals surface area contributed by atoms with Gasteiger partial charge >= 0.3 is 5.97 Å². The summed E-state index contributed by atoms with van der Waals surface area (Å²) in [5, 5.41) is 9.31. The first kappa shape index (κ1) is 16.0. The second-order valence-electron chi connectivity index (χ2n) is 5.46. The minimum atomic E-state index is -0.891. The lowest BCUT2D eigenvalue weighted by molar-refractivity contribution is -0.143. The van der Waals surface area contributed by atoms with Crippen LogP contribution in [-0.4, -0.2) is 16.9 Å². The van der Waals surface area contributed by atoms with E-state index in [1.807, 2.05) is 60.7 Å². The number of ketones is 1. The molecule has 2 aromatic carbocycles. The van der Waals surface area contributed by atoms with E-state index in [0.29, 0.717) is 19.3 Å². The molecule has 0 bridgehead atoms. The molecule has 0 spiro atoms. The largest absolute Gasteiger partial charge is 0.481 e. The molecule has 0 radical (unpaired) electrons. The number of aryl methyl sites for hydroxylation is 1. The van der Waals surface area contributed by atoms with Crippen molar-refractivity contribution in [2.75, 3.05) is 0 Å². The van der Waals surface area contributed by atoms with Crippen molar-refractivity contribution in [3.8, 4) is 0 Å². The minimum Gasteiger partial charge on any atom is -0.481 e. The van der Waals surface area contributed by atoms with Crippen molar-refractivity contribution >= 4 is 11.8 Å². The number of benzene rings is 2. The summed E-state index contributed by atoms with van der Waals surface area (Å²) in [6, 6.07) is 19.2. The van der Waals surface area contributed by atoms with Gasteiger partial charge in [0.15, 0.2) is 0 Å². The number of hydrogen-bond acceptors (Lipinski definition) is 2. The number of carboxylic acids is 1. The van der Waals surface area contributed by atoms with Crippen LogP contribution in [0.4, 0.5) is 0 Å². The molecule has 0 aliphatic carbocycles. The average molecular weight is 296 g/mol. The van der Waals surface area contributed by atoms with Gasteiger partial charge in [-0.3, -0.25) is 9.59 Å². The Kier molecular flexibility index (Phi) is 5.90. The second kappa shape index (κ2) is 8.13. The van der Waals surface area contributed by atoms with E-state index in [1.165, 1.54) is 0 Å². The van der Waals surface area contributed by atoms with Crippen molar-refractivity contribution in [2.45, 2.75) is 25.7 Å². The Balaban J connectivity index is 1.88. The highest BCUT2D eigenvalue weighted by Gasteiger charge is 2.21. The molecule has 2 rings (SSSR count). The van der Waals surface area contributed by atoms with Crippen LogP contribution in [0.2, 0.25) is 0 Å². The Bertz CT molecular complexity index is 605.